The molecule has 0 aliphatic rings. The monoisotopic (exact) mass is 246 g/mol. The highest BCUT2D eigenvalue weighted by Crippen LogP contribution is 2.16. The lowest BCUT2D eigenvalue weighted by atomic mass is 10.2. The van der Waals surface area contributed by atoms with Crippen molar-refractivity contribution in [1.82, 2.24) is 4.98 Å². The van der Waals surface area contributed by atoms with E-state index in [1.165, 1.54) is 5.56 Å². The van der Waals surface area contributed by atoms with E-state index < -0.39 is 0 Å². The molecule has 0 bridgehead atoms. The zero-order valence-electron chi connectivity index (χ0n) is 9.81. The highest BCUT2D eigenvalue weighted by Gasteiger charge is 2.06. The topological polar surface area (TPSA) is 16.1 Å². The fraction of sp³-hybridized carbons (Fsp3) is 0.214. The molecular formula is C14H15ClN2. The molecule has 17 heavy (non-hydrogen) atoms. The van der Waals surface area contributed by atoms with Crippen LogP contribution in [0.2, 0.25) is 5.15 Å². The lowest BCUT2D eigenvalue weighted by molar-refractivity contribution is 0.814. The Kier molecular flexibility index (Phi) is 3.99. The van der Waals surface area contributed by atoms with Gasteiger partial charge in [-0.25, -0.2) is 4.98 Å². The Morgan fingerprint density at radius 1 is 1.06 bits per heavy atom. The molecule has 0 saturated heterocycles. The maximum absolute atomic E-state index is 5.91. The molecule has 0 aliphatic carbocycles. The minimum atomic E-state index is 0.536. The van der Waals surface area contributed by atoms with E-state index in [4.69, 9.17) is 11.6 Å². The summed E-state index contributed by atoms with van der Waals surface area (Å²) in [6, 6.07) is 16.1. The predicted octanol–water partition coefficient (Wildman–Crippen LogP) is 3.76. The predicted molar refractivity (Wildman–Crippen MR) is 72.4 cm³/mol. The van der Waals surface area contributed by atoms with E-state index in [0.717, 1.165) is 18.9 Å². The molecule has 2 nitrogen and oxygen atoms in total. The van der Waals surface area contributed by atoms with E-state index in [2.05, 4.69) is 41.1 Å². The van der Waals surface area contributed by atoms with Gasteiger partial charge in [0.2, 0.25) is 0 Å². The molecule has 0 radical (unpaired) electrons. The number of benzene rings is 1. The van der Waals surface area contributed by atoms with E-state index in [0.29, 0.717) is 5.15 Å². The molecule has 1 heterocycles. The van der Waals surface area contributed by atoms with Crippen LogP contribution in [0.3, 0.4) is 0 Å². The van der Waals surface area contributed by atoms with Crippen LogP contribution >= 0.6 is 11.6 Å². The highest BCUT2D eigenvalue weighted by atomic mass is 35.5. The zero-order valence-corrected chi connectivity index (χ0v) is 10.6. The van der Waals surface area contributed by atoms with E-state index in [1.807, 2.05) is 18.2 Å². The number of pyridine rings is 1. The third-order valence-corrected chi connectivity index (χ3v) is 2.83. The second-order valence-corrected chi connectivity index (χ2v) is 4.21. The zero-order chi connectivity index (χ0) is 12.1. The van der Waals surface area contributed by atoms with Crippen LogP contribution in [0.5, 0.6) is 0 Å². The summed E-state index contributed by atoms with van der Waals surface area (Å²) < 4.78 is 0. The second kappa shape index (κ2) is 5.69. The summed E-state index contributed by atoms with van der Waals surface area (Å²) in [6.07, 6.45) is 0. The Balaban J connectivity index is 2.17. The van der Waals surface area contributed by atoms with Crippen molar-refractivity contribution in [2.45, 2.75) is 13.5 Å². The summed E-state index contributed by atoms with van der Waals surface area (Å²) in [4.78, 5) is 6.53. The van der Waals surface area contributed by atoms with E-state index in [1.54, 1.807) is 6.07 Å². The summed E-state index contributed by atoms with van der Waals surface area (Å²) in [5.41, 5.74) is 1.27. The SMILES string of the molecule is CCN(Cc1ccccc1)c1cccc(Cl)n1. The van der Waals surface area contributed by atoms with Crippen molar-refractivity contribution in [2.24, 2.45) is 0 Å². The molecule has 3 heteroatoms. The number of aromatic nitrogens is 1. The van der Waals surface area contributed by atoms with E-state index in [9.17, 15) is 0 Å². The first kappa shape index (κ1) is 11.9. The third-order valence-electron chi connectivity index (χ3n) is 2.62. The van der Waals surface area contributed by atoms with Crippen molar-refractivity contribution in [1.29, 1.82) is 0 Å². The second-order valence-electron chi connectivity index (χ2n) is 3.82. The Morgan fingerprint density at radius 2 is 1.82 bits per heavy atom. The average Bonchev–Trinajstić information content (AvgIpc) is 2.37. The number of rotatable bonds is 4. The molecule has 0 aliphatic heterocycles. The number of halogens is 1. The standard InChI is InChI=1S/C14H15ClN2/c1-2-17(11-12-7-4-3-5-8-12)14-10-6-9-13(15)16-14/h3-10H,2,11H2,1H3. The van der Waals surface area contributed by atoms with Gasteiger partial charge in [0.05, 0.1) is 0 Å². The molecule has 1 aromatic heterocycles. The first-order valence-electron chi connectivity index (χ1n) is 5.71. The smallest absolute Gasteiger partial charge is 0.131 e. The molecule has 2 rings (SSSR count). The van der Waals surface area contributed by atoms with Crippen LogP contribution < -0.4 is 4.90 Å². The van der Waals surface area contributed by atoms with Gasteiger partial charge in [-0.1, -0.05) is 48.0 Å². The Bertz CT molecular complexity index is 471. The maximum atomic E-state index is 5.91. The minimum Gasteiger partial charge on any atom is -0.353 e. The van der Waals surface area contributed by atoms with Gasteiger partial charge in [-0.15, -0.1) is 0 Å². The van der Waals surface area contributed by atoms with E-state index >= 15 is 0 Å². The van der Waals surface area contributed by atoms with Crippen LogP contribution in [0, 0.1) is 0 Å². The normalized spacial score (nSPS) is 10.2. The van der Waals surface area contributed by atoms with Crippen molar-refractivity contribution in [3.8, 4) is 0 Å². The highest BCUT2D eigenvalue weighted by molar-refractivity contribution is 6.29. The Labute approximate surface area is 107 Å². The van der Waals surface area contributed by atoms with Crippen LogP contribution in [0.4, 0.5) is 5.82 Å². The van der Waals surface area contributed by atoms with Gasteiger partial charge in [0.15, 0.2) is 0 Å². The maximum Gasteiger partial charge on any atom is 0.131 e. The van der Waals surface area contributed by atoms with E-state index in [-0.39, 0.29) is 0 Å². The van der Waals surface area contributed by atoms with Gasteiger partial charge in [0.25, 0.3) is 0 Å². The third kappa shape index (κ3) is 3.21. The summed E-state index contributed by atoms with van der Waals surface area (Å²) >= 11 is 5.91. The summed E-state index contributed by atoms with van der Waals surface area (Å²) in [7, 11) is 0. The number of anilines is 1. The summed E-state index contributed by atoms with van der Waals surface area (Å²) in [5, 5.41) is 0.536. The molecule has 0 atom stereocenters. The molecule has 0 saturated carbocycles. The molecule has 88 valence electrons. The fourth-order valence-electron chi connectivity index (χ4n) is 1.73. The van der Waals surface area contributed by atoms with Gasteiger partial charge in [0, 0.05) is 13.1 Å². The molecule has 0 N–H and O–H groups in total. The number of hydrogen-bond donors (Lipinski definition) is 0. The van der Waals surface area contributed by atoms with Crippen LogP contribution in [-0.4, -0.2) is 11.5 Å². The molecule has 0 unspecified atom stereocenters. The number of nitrogens with zero attached hydrogens (tertiary/aromatic N) is 2. The summed E-state index contributed by atoms with van der Waals surface area (Å²) in [5.74, 6) is 0.920. The molecular weight excluding hydrogens is 232 g/mol. The Morgan fingerprint density at radius 3 is 2.47 bits per heavy atom. The van der Waals surface area contributed by atoms with Crippen LogP contribution in [0.1, 0.15) is 12.5 Å². The first-order valence-corrected chi connectivity index (χ1v) is 6.09. The van der Waals surface area contributed by atoms with Crippen molar-refractivity contribution >= 4 is 17.4 Å². The van der Waals surface area contributed by atoms with Crippen molar-refractivity contribution < 1.29 is 0 Å². The van der Waals surface area contributed by atoms with Gasteiger partial charge in [-0.2, -0.15) is 0 Å². The minimum absolute atomic E-state index is 0.536. The molecule has 2 aromatic rings. The fourth-order valence-corrected chi connectivity index (χ4v) is 1.89. The van der Waals surface area contributed by atoms with Crippen molar-refractivity contribution in [3.05, 3.63) is 59.2 Å². The molecule has 1 aromatic carbocycles. The first-order chi connectivity index (χ1) is 8.29. The summed E-state index contributed by atoms with van der Waals surface area (Å²) in [6.45, 7) is 3.87. The molecule has 0 spiro atoms. The lowest BCUT2D eigenvalue weighted by Crippen LogP contribution is -2.22. The van der Waals surface area contributed by atoms with Crippen molar-refractivity contribution in [3.63, 3.8) is 0 Å². The quantitative estimate of drug-likeness (QED) is 0.764. The molecule has 0 fully saturated rings. The van der Waals surface area contributed by atoms with Crippen LogP contribution in [0.25, 0.3) is 0 Å². The Hall–Kier alpha value is -1.54. The van der Waals surface area contributed by atoms with Crippen LogP contribution in [0.15, 0.2) is 48.5 Å². The molecule has 0 amide bonds. The van der Waals surface area contributed by atoms with Gasteiger partial charge in [-0.3, -0.25) is 0 Å². The largest absolute Gasteiger partial charge is 0.353 e. The van der Waals surface area contributed by atoms with Gasteiger partial charge >= 0.3 is 0 Å². The van der Waals surface area contributed by atoms with Crippen LogP contribution in [-0.2, 0) is 6.54 Å². The number of hydrogen-bond acceptors (Lipinski definition) is 2. The van der Waals surface area contributed by atoms with Gasteiger partial charge in [0.1, 0.15) is 11.0 Å². The average molecular weight is 247 g/mol. The van der Waals surface area contributed by atoms with Gasteiger partial charge in [-0.05, 0) is 24.6 Å². The lowest BCUT2D eigenvalue weighted by Gasteiger charge is -2.22. The van der Waals surface area contributed by atoms with Gasteiger partial charge < -0.3 is 4.90 Å². The van der Waals surface area contributed by atoms with Crippen molar-refractivity contribution in [2.75, 3.05) is 11.4 Å².